The van der Waals surface area contributed by atoms with E-state index in [9.17, 15) is 0 Å². The molecule has 2 aromatic heterocycles. The molecule has 0 radical (unpaired) electrons. The first kappa shape index (κ1) is 10.6. The molecule has 1 aliphatic carbocycles. The maximum Gasteiger partial charge on any atom is 0.151 e. The second kappa shape index (κ2) is 4.02. The molecule has 0 aliphatic heterocycles. The number of imidazole rings is 1. The first-order valence-electron chi connectivity index (χ1n) is 6.43. The molecule has 90 valence electrons. The van der Waals surface area contributed by atoms with Gasteiger partial charge in [0.25, 0.3) is 0 Å². The Kier molecular flexibility index (Phi) is 2.50. The molecular weight excluding hydrogens is 212 g/mol. The summed E-state index contributed by atoms with van der Waals surface area (Å²) in [5.41, 5.74) is 10.7. The van der Waals surface area contributed by atoms with E-state index in [-0.39, 0.29) is 0 Å². The van der Waals surface area contributed by atoms with Gasteiger partial charge in [-0.25, -0.2) is 9.97 Å². The summed E-state index contributed by atoms with van der Waals surface area (Å²) in [7, 11) is 0. The van der Waals surface area contributed by atoms with E-state index in [0.717, 1.165) is 31.3 Å². The molecule has 3 rings (SSSR count). The van der Waals surface area contributed by atoms with Crippen molar-refractivity contribution in [1.82, 2.24) is 14.5 Å². The Morgan fingerprint density at radius 1 is 1.35 bits per heavy atom. The number of rotatable bonds is 2. The van der Waals surface area contributed by atoms with Gasteiger partial charge >= 0.3 is 0 Å². The van der Waals surface area contributed by atoms with Crippen LogP contribution in [0.4, 0.5) is 5.82 Å². The van der Waals surface area contributed by atoms with Crippen LogP contribution >= 0.6 is 0 Å². The molecule has 0 amide bonds. The van der Waals surface area contributed by atoms with Crippen molar-refractivity contribution in [2.75, 3.05) is 5.73 Å². The van der Waals surface area contributed by atoms with Crippen molar-refractivity contribution in [3.63, 3.8) is 0 Å². The standard InChI is InChI=1S/C13H18N4/c1-2-7-17-8-15-11-12(17)9-5-3-4-6-10(9)16-13(11)14/h8H,2-7H2,1H3,(H2,14,16). The molecule has 0 bridgehead atoms. The molecule has 4 nitrogen and oxygen atoms in total. The summed E-state index contributed by atoms with van der Waals surface area (Å²) in [5, 5.41) is 0. The topological polar surface area (TPSA) is 56.7 Å². The van der Waals surface area contributed by atoms with E-state index in [2.05, 4.69) is 21.5 Å². The lowest BCUT2D eigenvalue weighted by molar-refractivity contribution is 0.658. The molecule has 4 heteroatoms. The summed E-state index contributed by atoms with van der Waals surface area (Å²) in [5.74, 6) is 0.593. The van der Waals surface area contributed by atoms with E-state index in [4.69, 9.17) is 5.73 Å². The van der Waals surface area contributed by atoms with E-state index < -0.39 is 0 Å². The molecule has 17 heavy (non-hydrogen) atoms. The number of fused-ring (bicyclic) bond motifs is 3. The van der Waals surface area contributed by atoms with Crippen molar-refractivity contribution in [1.29, 1.82) is 0 Å². The van der Waals surface area contributed by atoms with Gasteiger partial charge in [-0.2, -0.15) is 0 Å². The molecule has 2 N–H and O–H groups in total. The minimum Gasteiger partial charge on any atom is -0.382 e. The molecule has 0 atom stereocenters. The van der Waals surface area contributed by atoms with E-state index in [1.165, 1.54) is 29.6 Å². The predicted octanol–water partition coefficient (Wildman–Crippen LogP) is 2.30. The van der Waals surface area contributed by atoms with Crippen LogP contribution in [0.5, 0.6) is 0 Å². The highest BCUT2D eigenvalue weighted by Gasteiger charge is 2.19. The smallest absolute Gasteiger partial charge is 0.151 e. The molecule has 0 fully saturated rings. The highest BCUT2D eigenvalue weighted by molar-refractivity contribution is 5.88. The SMILES string of the molecule is CCCn1cnc2c(N)nc3c(c21)CCCC3. The molecule has 0 unspecified atom stereocenters. The number of nitrogen functional groups attached to an aromatic ring is 1. The number of hydrogen-bond acceptors (Lipinski definition) is 3. The fourth-order valence-corrected chi connectivity index (χ4v) is 2.76. The fraction of sp³-hybridized carbons (Fsp3) is 0.538. The maximum atomic E-state index is 6.00. The van der Waals surface area contributed by atoms with E-state index in [1.54, 1.807) is 0 Å². The zero-order valence-electron chi connectivity index (χ0n) is 10.2. The Morgan fingerprint density at radius 3 is 3.00 bits per heavy atom. The Bertz CT molecular complexity index is 556. The van der Waals surface area contributed by atoms with Gasteiger partial charge in [-0.3, -0.25) is 0 Å². The van der Waals surface area contributed by atoms with E-state index >= 15 is 0 Å². The van der Waals surface area contributed by atoms with Gasteiger partial charge in [0.15, 0.2) is 5.82 Å². The first-order chi connectivity index (χ1) is 8.31. The van der Waals surface area contributed by atoms with Gasteiger partial charge in [-0.05, 0) is 37.7 Å². The van der Waals surface area contributed by atoms with Crippen LogP contribution in [0.25, 0.3) is 11.0 Å². The zero-order valence-corrected chi connectivity index (χ0v) is 10.2. The Morgan fingerprint density at radius 2 is 2.18 bits per heavy atom. The van der Waals surface area contributed by atoms with Crippen LogP contribution in [0.2, 0.25) is 0 Å². The number of nitrogens with two attached hydrogens (primary N) is 1. The summed E-state index contributed by atoms with van der Waals surface area (Å²) in [6.45, 7) is 3.19. The predicted molar refractivity (Wildman–Crippen MR) is 68.9 cm³/mol. The second-order valence-corrected chi connectivity index (χ2v) is 4.76. The molecule has 0 saturated carbocycles. The van der Waals surface area contributed by atoms with Gasteiger partial charge < -0.3 is 10.3 Å². The Labute approximate surface area is 101 Å². The highest BCUT2D eigenvalue weighted by Crippen LogP contribution is 2.30. The van der Waals surface area contributed by atoms with Crippen molar-refractivity contribution in [2.24, 2.45) is 0 Å². The van der Waals surface area contributed by atoms with Gasteiger partial charge in [0.2, 0.25) is 0 Å². The normalized spacial score (nSPS) is 15.1. The van der Waals surface area contributed by atoms with Gasteiger partial charge in [0.1, 0.15) is 5.52 Å². The molecule has 0 saturated heterocycles. The minimum atomic E-state index is 0.593. The Hall–Kier alpha value is -1.58. The Balaban J connectivity index is 2.29. The van der Waals surface area contributed by atoms with Gasteiger partial charge in [0.05, 0.1) is 11.8 Å². The van der Waals surface area contributed by atoms with Crippen molar-refractivity contribution in [2.45, 2.75) is 45.6 Å². The molecule has 0 aromatic carbocycles. The number of aryl methyl sites for hydroxylation is 3. The largest absolute Gasteiger partial charge is 0.382 e. The minimum absolute atomic E-state index is 0.593. The summed E-state index contributed by atoms with van der Waals surface area (Å²) in [6, 6.07) is 0. The average molecular weight is 230 g/mol. The second-order valence-electron chi connectivity index (χ2n) is 4.76. The lowest BCUT2D eigenvalue weighted by Gasteiger charge is -2.17. The maximum absolute atomic E-state index is 6.00. The lowest BCUT2D eigenvalue weighted by Crippen LogP contribution is -2.10. The third-order valence-electron chi connectivity index (χ3n) is 3.52. The number of pyridine rings is 1. The summed E-state index contributed by atoms with van der Waals surface area (Å²) in [6.07, 6.45) is 7.68. The van der Waals surface area contributed by atoms with Crippen molar-refractivity contribution in [3.05, 3.63) is 17.6 Å². The lowest BCUT2D eigenvalue weighted by atomic mass is 9.95. The highest BCUT2D eigenvalue weighted by atomic mass is 15.1. The molecule has 1 aliphatic rings. The van der Waals surface area contributed by atoms with E-state index in [1.807, 2.05) is 6.33 Å². The summed E-state index contributed by atoms with van der Waals surface area (Å²) >= 11 is 0. The zero-order chi connectivity index (χ0) is 11.8. The van der Waals surface area contributed by atoms with Gasteiger partial charge in [-0.1, -0.05) is 6.92 Å². The summed E-state index contributed by atoms with van der Waals surface area (Å²) in [4.78, 5) is 8.94. The monoisotopic (exact) mass is 230 g/mol. The fourth-order valence-electron chi connectivity index (χ4n) is 2.76. The number of aromatic nitrogens is 3. The first-order valence-corrected chi connectivity index (χ1v) is 6.43. The quantitative estimate of drug-likeness (QED) is 0.861. The van der Waals surface area contributed by atoms with Crippen LogP contribution in [0, 0.1) is 0 Å². The molecular formula is C13H18N4. The van der Waals surface area contributed by atoms with Crippen molar-refractivity contribution >= 4 is 16.9 Å². The van der Waals surface area contributed by atoms with E-state index in [0.29, 0.717) is 5.82 Å². The molecule has 0 spiro atoms. The van der Waals surface area contributed by atoms with Crippen LogP contribution < -0.4 is 5.73 Å². The third kappa shape index (κ3) is 1.59. The summed E-state index contributed by atoms with van der Waals surface area (Å²) < 4.78 is 2.23. The van der Waals surface area contributed by atoms with Crippen LogP contribution in [0.3, 0.4) is 0 Å². The average Bonchev–Trinajstić information content (AvgIpc) is 2.75. The van der Waals surface area contributed by atoms with Crippen LogP contribution in [0.1, 0.15) is 37.4 Å². The van der Waals surface area contributed by atoms with Crippen molar-refractivity contribution in [3.8, 4) is 0 Å². The third-order valence-corrected chi connectivity index (χ3v) is 3.52. The molecule has 2 heterocycles. The van der Waals surface area contributed by atoms with Gasteiger partial charge in [-0.15, -0.1) is 0 Å². The molecule has 2 aromatic rings. The van der Waals surface area contributed by atoms with Crippen molar-refractivity contribution < 1.29 is 0 Å². The number of hydrogen-bond donors (Lipinski definition) is 1. The van der Waals surface area contributed by atoms with Gasteiger partial charge in [0, 0.05) is 12.2 Å². The van der Waals surface area contributed by atoms with Crippen LogP contribution in [0.15, 0.2) is 6.33 Å². The van der Waals surface area contributed by atoms with Crippen LogP contribution in [-0.2, 0) is 19.4 Å². The number of anilines is 1. The van der Waals surface area contributed by atoms with Crippen LogP contribution in [-0.4, -0.2) is 14.5 Å². The number of nitrogens with zero attached hydrogens (tertiary/aromatic N) is 3.